The minimum Gasteiger partial charge on any atom is -0.358 e. The van der Waals surface area contributed by atoms with Gasteiger partial charge in [0.15, 0.2) is 0 Å². The number of aldehydes is 2. The van der Waals surface area contributed by atoms with E-state index in [-0.39, 0.29) is 18.2 Å². The monoisotopic (exact) mass is 410 g/mol. The van der Waals surface area contributed by atoms with Crippen molar-refractivity contribution in [3.05, 3.63) is 47.7 Å². The number of likely N-dealkylation sites (N-methyl/N-ethyl adjacent to an activating group) is 2. The Morgan fingerprint density at radius 2 is 1.97 bits per heavy atom. The first-order valence-electron chi connectivity index (χ1n) is 9.57. The molecule has 0 saturated carbocycles. The van der Waals surface area contributed by atoms with Crippen LogP contribution in [0.3, 0.4) is 0 Å². The molecule has 1 unspecified atom stereocenters. The molecule has 2 aromatic rings. The van der Waals surface area contributed by atoms with Gasteiger partial charge in [-0.25, -0.2) is 0 Å². The molecule has 2 rings (SSSR count). The molecule has 0 fully saturated rings. The van der Waals surface area contributed by atoms with Crippen LogP contribution >= 0.6 is 0 Å². The van der Waals surface area contributed by atoms with Crippen LogP contribution in [0.2, 0.25) is 0 Å². The fourth-order valence-corrected chi connectivity index (χ4v) is 3.18. The van der Waals surface area contributed by atoms with Crippen molar-refractivity contribution >= 4 is 30.1 Å². The number of amides is 2. The van der Waals surface area contributed by atoms with Gasteiger partial charge in [0.05, 0.1) is 23.6 Å². The number of pyridine rings is 1. The Kier molecular flexibility index (Phi) is 8.37. The highest BCUT2D eigenvalue weighted by Gasteiger charge is 2.22. The smallest absolute Gasteiger partial charge is 0.237 e. The molecular formula is C22H26N4O4. The number of rotatable bonds is 10. The van der Waals surface area contributed by atoms with Crippen LogP contribution in [0.4, 0.5) is 5.69 Å². The van der Waals surface area contributed by atoms with Crippen LogP contribution in [-0.2, 0) is 20.9 Å². The summed E-state index contributed by atoms with van der Waals surface area (Å²) in [5.74, 6) is -0.358. The van der Waals surface area contributed by atoms with E-state index in [0.717, 1.165) is 23.7 Å². The van der Waals surface area contributed by atoms with Gasteiger partial charge in [0.25, 0.3) is 0 Å². The van der Waals surface area contributed by atoms with Crippen LogP contribution in [0.25, 0.3) is 11.3 Å². The van der Waals surface area contributed by atoms with Gasteiger partial charge in [0.2, 0.25) is 11.8 Å². The van der Waals surface area contributed by atoms with Crippen molar-refractivity contribution in [2.75, 3.05) is 19.4 Å². The number of nitrogens with one attached hydrogen (secondary N) is 2. The van der Waals surface area contributed by atoms with E-state index in [1.807, 2.05) is 11.0 Å². The minimum atomic E-state index is -0.488. The van der Waals surface area contributed by atoms with Crippen molar-refractivity contribution in [2.24, 2.45) is 0 Å². The van der Waals surface area contributed by atoms with E-state index < -0.39 is 6.04 Å². The van der Waals surface area contributed by atoms with Crippen molar-refractivity contribution in [1.29, 1.82) is 0 Å². The van der Waals surface area contributed by atoms with Gasteiger partial charge in [-0.15, -0.1) is 0 Å². The lowest BCUT2D eigenvalue weighted by molar-refractivity contribution is -0.126. The molecule has 0 aliphatic heterocycles. The van der Waals surface area contributed by atoms with E-state index in [0.29, 0.717) is 29.9 Å². The third kappa shape index (κ3) is 6.05. The summed E-state index contributed by atoms with van der Waals surface area (Å²) in [5.41, 5.74) is 3.36. The molecule has 0 radical (unpaired) electrons. The highest BCUT2D eigenvalue weighted by molar-refractivity contribution is 5.88. The Morgan fingerprint density at radius 1 is 1.20 bits per heavy atom. The van der Waals surface area contributed by atoms with Crippen LogP contribution in [0.5, 0.6) is 0 Å². The Balaban J connectivity index is 2.28. The third-order valence-electron chi connectivity index (χ3n) is 4.71. The summed E-state index contributed by atoms with van der Waals surface area (Å²) in [7, 11) is 3.34. The number of hydrogen-bond donors (Lipinski definition) is 2. The molecule has 158 valence electrons. The highest BCUT2D eigenvalue weighted by atomic mass is 16.2. The Labute approximate surface area is 175 Å². The SMILES string of the molecule is CNC(=O)C(CCC=O)N(C)Cc1cc(-c2ccc(NC(C)=O)cn2)ccc1C=O. The zero-order chi connectivity index (χ0) is 22.1. The van der Waals surface area contributed by atoms with E-state index >= 15 is 0 Å². The van der Waals surface area contributed by atoms with Gasteiger partial charge in [0, 0.05) is 38.1 Å². The average molecular weight is 410 g/mol. The van der Waals surface area contributed by atoms with Gasteiger partial charge in [-0.3, -0.25) is 24.3 Å². The van der Waals surface area contributed by atoms with Gasteiger partial charge >= 0.3 is 0 Å². The normalized spacial score (nSPS) is 11.6. The number of carbonyl (C=O) groups excluding carboxylic acids is 4. The number of nitrogens with zero attached hydrogens (tertiary/aromatic N) is 2. The summed E-state index contributed by atoms with van der Waals surface area (Å²) < 4.78 is 0. The molecule has 1 aromatic heterocycles. The molecule has 0 spiro atoms. The second kappa shape index (κ2) is 11.0. The highest BCUT2D eigenvalue weighted by Crippen LogP contribution is 2.23. The fraction of sp³-hybridized carbons (Fsp3) is 0.318. The standard InChI is InChI=1S/C22H26N4O4/c1-15(29)25-19-8-9-20(24-12-19)16-6-7-17(14-28)18(11-16)13-26(3)21(5-4-10-27)22(30)23-2/h6-12,14,21H,4-5,13H2,1-3H3,(H,23,30)(H,25,29). The predicted molar refractivity (Wildman–Crippen MR) is 114 cm³/mol. The van der Waals surface area contributed by atoms with Gasteiger partial charge < -0.3 is 15.4 Å². The van der Waals surface area contributed by atoms with E-state index in [4.69, 9.17) is 0 Å². The molecule has 1 atom stereocenters. The molecule has 2 amide bonds. The maximum atomic E-state index is 12.2. The van der Waals surface area contributed by atoms with Crippen molar-refractivity contribution in [3.8, 4) is 11.3 Å². The molecule has 0 aliphatic carbocycles. The van der Waals surface area contributed by atoms with Crippen molar-refractivity contribution in [3.63, 3.8) is 0 Å². The summed E-state index contributed by atoms with van der Waals surface area (Å²) >= 11 is 0. The maximum absolute atomic E-state index is 12.2. The molecule has 0 saturated heterocycles. The maximum Gasteiger partial charge on any atom is 0.237 e. The van der Waals surface area contributed by atoms with Gasteiger partial charge in [-0.05, 0) is 37.2 Å². The zero-order valence-electron chi connectivity index (χ0n) is 17.3. The first kappa shape index (κ1) is 22.9. The molecular weight excluding hydrogens is 384 g/mol. The number of carbonyl (C=O) groups is 4. The van der Waals surface area contributed by atoms with Crippen molar-refractivity contribution in [1.82, 2.24) is 15.2 Å². The summed E-state index contributed by atoms with van der Waals surface area (Å²) in [4.78, 5) is 51.9. The Morgan fingerprint density at radius 3 is 2.53 bits per heavy atom. The molecule has 1 aromatic carbocycles. The number of aromatic nitrogens is 1. The lowest BCUT2D eigenvalue weighted by Gasteiger charge is -2.27. The predicted octanol–water partition coefficient (Wildman–Crippen LogP) is 2.04. The minimum absolute atomic E-state index is 0.176. The average Bonchev–Trinajstić information content (AvgIpc) is 2.73. The van der Waals surface area contributed by atoms with Crippen molar-refractivity contribution < 1.29 is 19.2 Å². The topological polar surface area (TPSA) is 108 Å². The van der Waals surface area contributed by atoms with Crippen LogP contribution < -0.4 is 10.6 Å². The van der Waals surface area contributed by atoms with Gasteiger partial charge in [-0.1, -0.05) is 12.1 Å². The number of benzene rings is 1. The largest absolute Gasteiger partial charge is 0.358 e. The van der Waals surface area contributed by atoms with Crippen molar-refractivity contribution in [2.45, 2.75) is 32.4 Å². The number of anilines is 1. The van der Waals surface area contributed by atoms with Gasteiger partial charge in [0.1, 0.15) is 12.6 Å². The summed E-state index contributed by atoms with van der Waals surface area (Å²) in [6.07, 6.45) is 3.80. The molecule has 0 bridgehead atoms. The molecule has 8 nitrogen and oxygen atoms in total. The zero-order valence-corrected chi connectivity index (χ0v) is 17.3. The summed E-state index contributed by atoms with van der Waals surface area (Å²) in [5, 5.41) is 5.29. The fourth-order valence-electron chi connectivity index (χ4n) is 3.18. The molecule has 30 heavy (non-hydrogen) atoms. The first-order chi connectivity index (χ1) is 14.4. The Hall–Kier alpha value is -3.39. The number of hydrogen-bond acceptors (Lipinski definition) is 6. The second-order valence-electron chi connectivity index (χ2n) is 6.93. The third-order valence-corrected chi connectivity index (χ3v) is 4.71. The summed E-state index contributed by atoms with van der Waals surface area (Å²) in [6, 6.07) is 8.43. The second-order valence-corrected chi connectivity index (χ2v) is 6.93. The molecule has 1 heterocycles. The lowest BCUT2D eigenvalue weighted by Crippen LogP contribution is -2.43. The molecule has 8 heteroatoms. The van der Waals surface area contributed by atoms with Crippen LogP contribution in [0.1, 0.15) is 35.7 Å². The van der Waals surface area contributed by atoms with Crippen LogP contribution in [-0.4, -0.2) is 54.4 Å². The van der Waals surface area contributed by atoms with Gasteiger partial charge in [-0.2, -0.15) is 0 Å². The van der Waals surface area contributed by atoms with E-state index in [2.05, 4.69) is 15.6 Å². The molecule has 0 aliphatic rings. The van der Waals surface area contributed by atoms with Crippen LogP contribution in [0.15, 0.2) is 36.5 Å². The van der Waals surface area contributed by atoms with Crippen LogP contribution in [0, 0.1) is 0 Å². The summed E-state index contributed by atoms with van der Waals surface area (Å²) in [6.45, 7) is 1.78. The Bertz CT molecular complexity index is 912. The molecule has 2 N–H and O–H groups in total. The van der Waals surface area contributed by atoms with E-state index in [1.165, 1.54) is 6.92 Å². The quantitative estimate of drug-likeness (QED) is 0.581. The van der Waals surface area contributed by atoms with E-state index in [1.54, 1.807) is 44.6 Å². The first-order valence-corrected chi connectivity index (χ1v) is 9.57. The van der Waals surface area contributed by atoms with E-state index in [9.17, 15) is 19.2 Å². The lowest BCUT2D eigenvalue weighted by atomic mass is 10.0.